The van der Waals surface area contributed by atoms with Gasteiger partial charge in [0, 0.05) is 6.42 Å². The summed E-state index contributed by atoms with van der Waals surface area (Å²) in [7, 11) is 0. The second-order valence-electron chi connectivity index (χ2n) is 7.83. The van der Waals surface area contributed by atoms with E-state index in [0.29, 0.717) is 23.0 Å². The molecule has 150 valence electrons. The summed E-state index contributed by atoms with van der Waals surface area (Å²) in [6, 6.07) is 5.43. The molecule has 0 unspecified atom stereocenters. The Hall–Kier alpha value is -2.55. The second-order valence-corrected chi connectivity index (χ2v) is 7.83. The van der Waals surface area contributed by atoms with Gasteiger partial charge < -0.3 is 9.52 Å². The molecule has 0 aliphatic carbocycles. The van der Waals surface area contributed by atoms with E-state index in [-0.39, 0.29) is 5.75 Å². The lowest BCUT2D eigenvalue weighted by Gasteiger charge is -2.07. The molecule has 0 fully saturated rings. The molecule has 0 amide bonds. The van der Waals surface area contributed by atoms with E-state index in [2.05, 4.69) is 39.8 Å². The Labute approximate surface area is 168 Å². The summed E-state index contributed by atoms with van der Waals surface area (Å²) in [5, 5.41) is 11.2. The lowest BCUT2D eigenvalue weighted by molar-refractivity contribution is 0.459. The Morgan fingerprint density at radius 1 is 1.00 bits per heavy atom. The Balaban J connectivity index is 2.02. The van der Waals surface area contributed by atoms with E-state index in [1.165, 1.54) is 16.7 Å². The fourth-order valence-electron chi connectivity index (χ4n) is 3.23. The molecular weight excluding hydrogens is 348 g/mol. The van der Waals surface area contributed by atoms with Crippen molar-refractivity contribution in [3.05, 3.63) is 74.7 Å². The van der Waals surface area contributed by atoms with E-state index in [0.717, 1.165) is 31.2 Å². The zero-order chi connectivity index (χ0) is 20.7. The van der Waals surface area contributed by atoms with E-state index in [1.54, 1.807) is 6.07 Å². The van der Waals surface area contributed by atoms with Gasteiger partial charge in [-0.25, -0.2) is 4.79 Å². The van der Waals surface area contributed by atoms with Crippen LogP contribution in [0.3, 0.4) is 0 Å². The van der Waals surface area contributed by atoms with Crippen LogP contribution in [0.2, 0.25) is 0 Å². The summed E-state index contributed by atoms with van der Waals surface area (Å²) < 4.78 is 5.39. The maximum Gasteiger partial charge on any atom is 0.343 e. The summed E-state index contributed by atoms with van der Waals surface area (Å²) in [4.78, 5) is 12.3. The van der Waals surface area contributed by atoms with Crippen LogP contribution in [0.4, 0.5) is 0 Å². The van der Waals surface area contributed by atoms with Crippen LogP contribution >= 0.6 is 0 Å². The van der Waals surface area contributed by atoms with Crippen LogP contribution in [0, 0.1) is 6.92 Å². The van der Waals surface area contributed by atoms with Gasteiger partial charge in [0.05, 0.1) is 10.9 Å². The fourth-order valence-corrected chi connectivity index (χ4v) is 3.23. The van der Waals surface area contributed by atoms with Crippen molar-refractivity contribution in [1.29, 1.82) is 0 Å². The Bertz CT molecular complexity index is 967. The molecule has 0 saturated carbocycles. The van der Waals surface area contributed by atoms with Crippen molar-refractivity contribution < 1.29 is 9.52 Å². The number of fused-ring (bicyclic) bond motifs is 1. The average molecular weight is 381 g/mol. The SMILES string of the molecule is CC(C)=CCCC(C)=CCCC(C)=CCc1c(O)c2c(C)cccc2oc1=O. The van der Waals surface area contributed by atoms with Crippen molar-refractivity contribution in [2.75, 3.05) is 0 Å². The fraction of sp³-hybridized carbons (Fsp3) is 0.400. The minimum absolute atomic E-state index is 0.0448. The van der Waals surface area contributed by atoms with Gasteiger partial charge in [-0.1, -0.05) is 47.1 Å². The van der Waals surface area contributed by atoms with Gasteiger partial charge in [0.2, 0.25) is 0 Å². The van der Waals surface area contributed by atoms with E-state index < -0.39 is 5.63 Å². The van der Waals surface area contributed by atoms with Crippen molar-refractivity contribution in [3.8, 4) is 5.75 Å². The minimum Gasteiger partial charge on any atom is -0.507 e. The van der Waals surface area contributed by atoms with Crippen molar-refractivity contribution in [2.45, 2.75) is 66.7 Å². The number of allylic oxidation sites excluding steroid dienone is 6. The molecule has 1 heterocycles. The molecule has 0 saturated heterocycles. The lowest BCUT2D eigenvalue weighted by Crippen LogP contribution is -2.07. The highest BCUT2D eigenvalue weighted by atomic mass is 16.4. The Morgan fingerprint density at radius 2 is 1.64 bits per heavy atom. The van der Waals surface area contributed by atoms with Crippen molar-refractivity contribution >= 4 is 11.0 Å². The van der Waals surface area contributed by atoms with Crippen LogP contribution in [0.25, 0.3) is 11.0 Å². The molecule has 1 aromatic heterocycles. The number of aryl methyl sites for hydroxylation is 1. The van der Waals surface area contributed by atoms with Crippen LogP contribution in [-0.2, 0) is 6.42 Å². The van der Waals surface area contributed by atoms with Crippen LogP contribution in [0.5, 0.6) is 5.75 Å². The molecule has 0 bridgehead atoms. The number of aromatic hydroxyl groups is 1. The van der Waals surface area contributed by atoms with Gasteiger partial charge >= 0.3 is 5.63 Å². The maximum absolute atomic E-state index is 12.3. The molecule has 0 radical (unpaired) electrons. The molecule has 0 atom stereocenters. The molecule has 0 spiro atoms. The van der Waals surface area contributed by atoms with Crippen LogP contribution in [0.1, 0.15) is 64.5 Å². The van der Waals surface area contributed by atoms with Gasteiger partial charge in [-0.3, -0.25) is 0 Å². The van der Waals surface area contributed by atoms with E-state index in [1.807, 2.05) is 25.1 Å². The third-order valence-electron chi connectivity index (χ3n) is 4.98. The average Bonchev–Trinajstić information content (AvgIpc) is 2.61. The zero-order valence-corrected chi connectivity index (χ0v) is 17.8. The summed E-state index contributed by atoms with van der Waals surface area (Å²) in [5.74, 6) is 0.0448. The van der Waals surface area contributed by atoms with E-state index in [4.69, 9.17) is 4.42 Å². The number of rotatable bonds is 8. The van der Waals surface area contributed by atoms with Crippen molar-refractivity contribution in [1.82, 2.24) is 0 Å². The quantitative estimate of drug-likeness (QED) is 0.406. The summed E-state index contributed by atoms with van der Waals surface area (Å²) in [6.45, 7) is 10.4. The first kappa shape index (κ1) is 21.7. The van der Waals surface area contributed by atoms with Gasteiger partial charge in [0.15, 0.2) is 0 Å². The highest BCUT2D eigenvalue weighted by Crippen LogP contribution is 2.29. The van der Waals surface area contributed by atoms with Gasteiger partial charge in [-0.05, 0) is 71.9 Å². The third-order valence-corrected chi connectivity index (χ3v) is 4.98. The maximum atomic E-state index is 12.3. The molecule has 3 heteroatoms. The summed E-state index contributed by atoms with van der Waals surface area (Å²) in [5.41, 5.74) is 5.17. The van der Waals surface area contributed by atoms with Gasteiger partial charge in [-0.15, -0.1) is 0 Å². The highest BCUT2D eigenvalue weighted by molar-refractivity contribution is 5.87. The highest BCUT2D eigenvalue weighted by Gasteiger charge is 2.14. The van der Waals surface area contributed by atoms with Crippen molar-refractivity contribution in [3.63, 3.8) is 0 Å². The molecular formula is C25H32O3. The Morgan fingerprint density at radius 3 is 2.32 bits per heavy atom. The van der Waals surface area contributed by atoms with Gasteiger partial charge in [0.25, 0.3) is 0 Å². The van der Waals surface area contributed by atoms with E-state index >= 15 is 0 Å². The predicted octanol–water partition coefficient (Wildman–Crippen LogP) is 6.77. The number of hydrogen-bond donors (Lipinski definition) is 1. The summed E-state index contributed by atoms with van der Waals surface area (Å²) >= 11 is 0. The Kier molecular flexibility index (Phi) is 7.86. The monoisotopic (exact) mass is 380 g/mol. The zero-order valence-electron chi connectivity index (χ0n) is 17.8. The number of hydrogen-bond acceptors (Lipinski definition) is 3. The van der Waals surface area contributed by atoms with E-state index in [9.17, 15) is 9.90 Å². The molecule has 0 aliphatic heterocycles. The topological polar surface area (TPSA) is 50.4 Å². The first-order valence-electron chi connectivity index (χ1n) is 9.98. The van der Waals surface area contributed by atoms with Crippen LogP contribution in [-0.4, -0.2) is 5.11 Å². The lowest BCUT2D eigenvalue weighted by atomic mass is 10.0. The molecule has 2 rings (SSSR count). The molecule has 2 aromatic rings. The van der Waals surface area contributed by atoms with Gasteiger partial charge in [-0.2, -0.15) is 0 Å². The second kappa shape index (κ2) is 10.1. The molecule has 1 aromatic carbocycles. The van der Waals surface area contributed by atoms with Crippen LogP contribution in [0.15, 0.2) is 62.4 Å². The first-order chi connectivity index (χ1) is 13.3. The number of benzene rings is 1. The largest absolute Gasteiger partial charge is 0.507 e. The first-order valence-corrected chi connectivity index (χ1v) is 9.98. The molecule has 0 aliphatic rings. The van der Waals surface area contributed by atoms with Crippen LogP contribution < -0.4 is 5.63 Å². The standard InChI is InChI=1S/C25H32O3/c1-17(2)9-6-10-18(3)11-7-12-19(4)15-16-21-24(26)23-20(5)13-8-14-22(23)28-25(21)27/h8-9,11,13-15,26H,6-7,10,12,16H2,1-5H3. The normalized spacial score (nSPS) is 12.5. The predicted molar refractivity (Wildman–Crippen MR) is 118 cm³/mol. The van der Waals surface area contributed by atoms with Crippen molar-refractivity contribution in [2.24, 2.45) is 0 Å². The minimum atomic E-state index is -0.463. The smallest absolute Gasteiger partial charge is 0.343 e. The molecule has 28 heavy (non-hydrogen) atoms. The molecule has 3 nitrogen and oxygen atoms in total. The molecule has 1 N–H and O–H groups in total. The third kappa shape index (κ3) is 5.98. The van der Waals surface area contributed by atoms with Gasteiger partial charge in [0.1, 0.15) is 11.3 Å². The summed E-state index contributed by atoms with van der Waals surface area (Å²) in [6.07, 6.45) is 11.1.